The Morgan fingerprint density at radius 2 is 1.96 bits per heavy atom. The van der Waals surface area contributed by atoms with Gasteiger partial charge in [-0.1, -0.05) is 0 Å². The molecule has 2 atom stereocenters. The highest BCUT2D eigenvalue weighted by Crippen LogP contribution is 2.41. The number of ether oxygens (including phenoxy) is 1. The maximum Gasteiger partial charge on any atom is 0.490 e. The van der Waals surface area contributed by atoms with E-state index in [0.29, 0.717) is 12.5 Å². The van der Waals surface area contributed by atoms with Crippen LogP contribution < -0.4 is 0 Å². The normalized spacial score (nSPS) is 26.0. The molecule has 0 amide bonds. The average Bonchev–Trinajstić information content (AvgIpc) is 2.97. The molecule has 2 saturated heterocycles. The Labute approximate surface area is 161 Å². The molecule has 2 aliphatic heterocycles. The number of rotatable bonds is 3. The largest absolute Gasteiger partial charge is 0.490 e. The number of hydrogen-bond acceptors (Lipinski definition) is 6. The van der Waals surface area contributed by atoms with Crippen LogP contribution in [0.1, 0.15) is 44.6 Å². The van der Waals surface area contributed by atoms with Crippen LogP contribution in [-0.2, 0) is 9.53 Å². The lowest BCUT2D eigenvalue weighted by Crippen LogP contribution is -2.51. The van der Waals surface area contributed by atoms with Crippen LogP contribution in [0.4, 0.5) is 13.2 Å². The Bertz CT molecular complexity index is 652. The first-order chi connectivity index (χ1) is 12.9. The fourth-order valence-electron chi connectivity index (χ4n) is 3.74. The smallest absolute Gasteiger partial charge is 0.475 e. The molecule has 28 heavy (non-hydrogen) atoms. The lowest BCUT2D eigenvalue weighted by atomic mass is 9.84. The Morgan fingerprint density at radius 3 is 2.50 bits per heavy atom. The molecule has 10 heteroatoms. The summed E-state index contributed by atoms with van der Waals surface area (Å²) < 4.78 is 38.0. The lowest BCUT2D eigenvalue weighted by molar-refractivity contribution is -0.192. The van der Waals surface area contributed by atoms with E-state index in [0.717, 1.165) is 39.0 Å². The van der Waals surface area contributed by atoms with E-state index in [-0.39, 0.29) is 5.60 Å². The van der Waals surface area contributed by atoms with Gasteiger partial charge in [-0.25, -0.2) is 14.8 Å². The minimum Gasteiger partial charge on any atom is -0.475 e. The van der Waals surface area contributed by atoms with Gasteiger partial charge in [0, 0.05) is 31.4 Å². The fraction of sp³-hybridized carbons (Fsp3) is 0.722. The van der Waals surface area contributed by atoms with Crippen molar-refractivity contribution in [1.82, 2.24) is 14.9 Å². The van der Waals surface area contributed by atoms with Crippen molar-refractivity contribution in [1.29, 1.82) is 0 Å². The van der Waals surface area contributed by atoms with Gasteiger partial charge in [0.25, 0.3) is 0 Å². The SMILES string of the molecule is CC(C)(O)CN1CCCC2(CC(c3cncnc3)CO2)C1.O=C(O)C(F)(F)F. The topological polar surface area (TPSA) is 95.8 Å². The highest BCUT2D eigenvalue weighted by Gasteiger charge is 2.44. The second kappa shape index (κ2) is 8.71. The number of hydrogen-bond donors (Lipinski definition) is 2. The Kier molecular flexibility index (Phi) is 7.00. The first-order valence-electron chi connectivity index (χ1n) is 9.04. The number of nitrogens with zero attached hydrogens (tertiary/aromatic N) is 3. The van der Waals surface area contributed by atoms with Gasteiger partial charge in [0.15, 0.2) is 0 Å². The summed E-state index contributed by atoms with van der Waals surface area (Å²) in [5.41, 5.74) is 0.474. The highest BCUT2D eigenvalue weighted by atomic mass is 19.4. The number of aliphatic carboxylic acids is 1. The molecule has 0 bridgehead atoms. The van der Waals surface area contributed by atoms with E-state index in [1.165, 1.54) is 5.56 Å². The maximum atomic E-state index is 10.6. The molecule has 1 aromatic rings. The van der Waals surface area contributed by atoms with E-state index in [1.54, 1.807) is 6.33 Å². The summed E-state index contributed by atoms with van der Waals surface area (Å²) in [5.74, 6) is -2.36. The molecule has 3 rings (SSSR count). The van der Waals surface area contributed by atoms with Crippen molar-refractivity contribution in [2.24, 2.45) is 0 Å². The van der Waals surface area contributed by atoms with Crippen LogP contribution in [0, 0.1) is 0 Å². The zero-order valence-electron chi connectivity index (χ0n) is 15.9. The van der Waals surface area contributed by atoms with Gasteiger partial charge in [0.2, 0.25) is 0 Å². The number of halogens is 3. The molecule has 2 fully saturated rings. The van der Waals surface area contributed by atoms with Crippen molar-refractivity contribution in [3.63, 3.8) is 0 Å². The van der Waals surface area contributed by atoms with E-state index in [1.807, 2.05) is 26.2 Å². The Hall–Kier alpha value is -1.78. The molecule has 2 aliphatic rings. The van der Waals surface area contributed by atoms with E-state index < -0.39 is 17.7 Å². The molecule has 1 aromatic heterocycles. The molecule has 158 valence electrons. The van der Waals surface area contributed by atoms with Crippen LogP contribution >= 0.6 is 0 Å². The van der Waals surface area contributed by atoms with E-state index in [9.17, 15) is 18.3 Å². The quantitative estimate of drug-likeness (QED) is 0.796. The maximum absolute atomic E-state index is 10.6. The van der Waals surface area contributed by atoms with Crippen LogP contribution in [0.2, 0.25) is 0 Å². The molecular weight excluding hydrogens is 379 g/mol. The Morgan fingerprint density at radius 1 is 1.36 bits per heavy atom. The number of carboxylic acids is 1. The van der Waals surface area contributed by atoms with Crippen molar-refractivity contribution < 1.29 is 32.9 Å². The van der Waals surface area contributed by atoms with Crippen molar-refractivity contribution in [2.75, 3.05) is 26.2 Å². The van der Waals surface area contributed by atoms with E-state index >= 15 is 0 Å². The number of alkyl halides is 3. The van der Waals surface area contributed by atoms with Gasteiger partial charge < -0.3 is 14.9 Å². The van der Waals surface area contributed by atoms with Crippen LogP contribution in [0.25, 0.3) is 0 Å². The van der Waals surface area contributed by atoms with Crippen LogP contribution in [0.15, 0.2) is 18.7 Å². The summed E-state index contributed by atoms with van der Waals surface area (Å²) in [5, 5.41) is 17.2. The number of carboxylic acid groups (broad SMARTS) is 1. The van der Waals surface area contributed by atoms with Gasteiger partial charge in [-0.05, 0) is 45.2 Å². The third kappa shape index (κ3) is 6.68. The molecule has 0 aliphatic carbocycles. The van der Waals surface area contributed by atoms with Crippen LogP contribution in [0.3, 0.4) is 0 Å². The van der Waals surface area contributed by atoms with Crippen molar-refractivity contribution in [2.45, 2.75) is 56.4 Å². The zero-order chi connectivity index (χ0) is 21.0. The fourth-order valence-corrected chi connectivity index (χ4v) is 3.74. The van der Waals surface area contributed by atoms with Gasteiger partial charge in [0.05, 0.1) is 17.8 Å². The predicted molar refractivity (Wildman–Crippen MR) is 93.7 cm³/mol. The number of piperidine rings is 1. The second-order valence-corrected chi connectivity index (χ2v) is 8.00. The van der Waals surface area contributed by atoms with Gasteiger partial charge in [-0.3, -0.25) is 4.90 Å². The van der Waals surface area contributed by atoms with Crippen LogP contribution in [-0.4, -0.2) is 74.7 Å². The highest BCUT2D eigenvalue weighted by molar-refractivity contribution is 5.73. The number of carbonyl (C=O) groups is 1. The molecule has 0 aromatic carbocycles. The van der Waals surface area contributed by atoms with Crippen LogP contribution in [0.5, 0.6) is 0 Å². The zero-order valence-corrected chi connectivity index (χ0v) is 15.9. The molecular formula is C18H26F3N3O4. The van der Waals surface area contributed by atoms with Crippen molar-refractivity contribution >= 4 is 5.97 Å². The third-order valence-electron chi connectivity index (χ3n) is 4.73. The minimum atomic E-state index is -5.08. The molecule has 3 heterocycles. The lowest BCUT2D eigenvalue weighted by Gasteiger charge is -2.41. The predicted octanol–water partition coefficient (Wildman–Crippen LogP) is 2.22. The Balaban J connectivity index is 0.000000345. The number of likely N-dealkylation sites (tertiary alicyclic amines) is 1. The minimum absolute atomic E-state index is 0.0516. The summed E-state index contributed by atoms with van der Waals surface area (Å²) in [4.78, 5) is 19.5. The number of aromatic nitrogens is 2. The van der Waals surface area contributed by atoms with Gasteiger partial charge >= 0.3 is 12.1 Å². The number of aliphatic hydroxyl groups is 1. The molecule has 0 saturated carbocycles. The third-order valence-corrected chi connectivity index (χ3v) is 4.73. The summed E-state index contributed by atoms with van der Waals surface area (Å²) in [6.07, 6.45) is 3.56. The van der Waals surface area contributed by atoms with Gasteiger partial charge in [-0.2, -0.15) is 13.2 Å². The number of β-amino-alcohol motifs (C(OH)–C–C–N with tert-alkyl or cyclic N) is 1. The van der Waals surface area contributed by atoms with E-state index in [2.05, 4.69) is 14.9 Å². The van der Waals surface area contributed by atoms with Crippen molar-refractivity contribution in [3.8, 4) is 0 Å². The summed E-state index contributed by atoms with van der Waals surface area (Å²) in [6, 6.07) is 0. The first-order valence-corrected chi connectivity index (χ1v) is 9.04. The first kappa shape index (κ1) is 22.5. The summed E-state index contributed by atoms with van der Waals surface area (Å²) >= 11 is 0. The van der Waals surface area contributed by atoms with Gasteiger partial charge in [-0.15, -0.1) is 0 Å². The van der Waals surface area contributed by atoms with Crippen molar-refractivity contribution in [3.05, 3.63) is 24.3 Å². The standard InChI is InChI=1S/C16H25N3O2.C2HF3O2/c1-15(2,20)10-19-5-3-4-16(11-19)6-13(9-21-16)14-7-17-12-18-8-14;3-2(4,5)1(6)7/h7-8,12-13,20H,3-6,9-11H2,1-2H3;(H,6,7). The van der Waals surface area contributed by atoms with Gasteiger partial charge in [0.1, 0.15) is 6.33 Å². The summed E-state index contributed by atoms with van der Waals surface area (Å²) in [6.45, 7) is 7.16. The molecule has 7 nitrogen and oxygen atoms in total. The molecule has 2 N–H and O–H groups in total. The molecule has 0 radical (unpaired) electrons. The van der Waals surface area contributed by atoms with E-state index in [4.69, 9.17) is 14.6 Å². The average molecular weight is 405 g/mol. The second-order valence-electron chi connectivity index (χ2n) is 8.00. The monoisotopic (exact) mass is 405 g/mol. The summed E-state index contributed by atoms with van der Waals surface area (Å²) in [7, 11) is 0. The molecule has 2 unspecified atom stereocenters. The molecule has 1 spiro atoms.